The van der Waals surface area contributed by atoms with E-state index in [2.05, 4.69) is 43.5 Å². The van der Waals surface area contributed by atoms with Gasteiger partial charge in [-0.15, -0.1) is 0 Å². The Bertz CT molecular complexity index is 561. The molecule has 1 heterocycles. The first kappa shape index (κ1) is 15.5. The SMILES string of the molecule is COCCNCc1cc(Br)ccc1Sc1ncnn1C. The van der Waals surface area contributed by atoms with Gasteiger partial charge in [-0.3, -0.25) is 0 Å². The number of aromatic nitrogens is 3. The predicted octanol–water partition coefficient (Wildman–Crippen LogP) is 2.46. The van der Waals surface area contributed by atoms with Gasteiger partial charge in [0.05, 0.1) is 6.61 Å². The van der Waals surface area contributed by atoms with E-state index in [1.165, 1.54) is 10.5 Å². The van der Waals surface area contributed by atoms with Gasteiger partial charge in [0.1, 0.15) is 6.33 Å². The molecular weight excluding hydrogens is 340 g/mol. The monoisotopic (exact) mass is 356 g/mol. The molecule has 0 spiro atoms. The van der Waals surface area contributed by atoms with E-state index in [4.69, 9.17) is 4.74 Å². The van der Waals surface area contributed by atoms with E-state index in [9.17, 15) is 0 Å². The van der Waals surface area contributed by atoms with E-state index in [0.29, 0.717) is 6.61 Å². The van der Waals surface area contributed by atoms with Crippen LogP contribution in [0.4, 0.5) is 0 Å². The number of hydrogen-bond donors (Lipinski definition) is 1. The Labute approximate surface area is 131 Å². The minimum absolute atomic E-state index is 0.708. The van der Waals surface area contributed by atoms with Crippen molar-refractivity contribution in [2.75, 3.05) is 20.3 Å². The first-order valence-corrected chi connectivity index (χ1v) is 7.81. The summed E-state index contributed by atoms with van der Waals surface area (Å²) in [5, 5.41) is 8.33. The van der Waals surface area contributed by atoms with E-state index in [1.807, 2.05) is 13.1 Å². The molecule has 2 aromatic rings. The van der Waals surface area contributed by atoms with Crippen molar-refractivity contribution in [3.63, 3.8) is 0 Å². The average Bonchev–Trinajstić information content (AvgIpc) is 2.83. The van der Waals surface area contributed by atoms with Crippen molar-refractivity contribution in [2.24, 2.45) is 7.05 Å². The van der Waals surface area contributed by atoms with Crippen LogP contribution in [0.3, 0.4) is 0 Å². The molecule has 0 aliphatic heterocycles. The molecule has 0 fully saturated rings. The number of nitrogens with one attached hydrogen (secondary N) is 1. The van der Waals surface area contributed by atoms with Crippen LogP contribution in [0.2, 0.25) is 0 Å². The number of ether oxygens (including phenoxy) is 1. The molecule has 0 bridgehead atoms. The maximum Gasteiger partial charge on any atom is 0.190 e. The van der Waals surface area contributed by atoms with Crippen LogP contribution in [0.25, 0.3) is 0 Å². The third-order valence-corrected chi connectivity index (χ3v) is 4.36. The summed E-state index contributed by atoms with van der Waals surface area (Å²) in [6.07, 6.45) is 1.57. The van der Waals surface area contributed by atoms with Gasteiger partial charge >= 0.3 is 0 Å². The summed E-state index contributed by atoms with van der Waals surface area (Å²) in [6, 6.07) is 6.26. The van der Waals surface area contributed by atoms with Crippen LogP contribution >= 0.6 is 27.7 Å². The molecule has 0 aliphatic carbocycles. The number of methoxy groups -OCH3 is 1. The smallest absolute Gasteiger partial charge is 0.190 e. The molecule has 0 amide bonds. The highest BCUT2D eigenvalue weighted by molar-refractivity contribution is 9.10. The van der Waals surface area contributed by atoms with Crippen molar-refractivity contribution in [1.82, 2.24) is 20.1 Å². The summed E-state index contributed by atoms with van der Waals surface area (Å²) < 4.78 is 7.88. The lowest BCUT2D eigenvalue weighted by Gasteiger charge is -2.10. The molecule has 0 unspecified atom stereocenters. The lowest BCUT2D eigenvalue weighted by atomic mass is 10.2. The number of nitrogens with zero attached hydrogens (tertiary/aromatic N) is 3. The van der Waals surface area contributed by atoms with Crippen molar-refractivity contribution in [3.05, 3.63) is 34.6 Å². The molecule has 7 heteroatoms. The first-order chi connectivity index (χ1) is 9.70. The van der Waals surface area contributed by atoms with Gasteiger partial charge in [-0.2, -0.15) is 5.10 Å². The molecule has 1 aromatic heterocycles. The predicted molar refractivity (Wildman–Crippen MR) is 82.9 cm³/mol. The number of aryl methyl sites for hydroxylation is 1. The maximum absolute atomic E-state index is 5.04. The molecular formula is C13H17BrN4OS. The second-order valence-corrected chi connectivity index (χ2v) is 6.11. The maximum atomic E-state index is 5.04. The van der Waals surface area contributed by atoms with Crippen molar-refractivity contribution < 1.29 is 4.74 Å². The average molecular weight is 357 g/mol. The Balaban J connectivity index is 2.09. The second-order valence-electron chi connectivity index (χ2n) is 4.19. The van der Waals surface area contributed by atoms with Gasteiger partial charge in [-0.05, 0) is 35.5 Å². The van der Waals surface area contributed by atoms with Crippen LogP contribution < -0.4 is 5.32 Å². The lowest BCUT2D eigenvalue weighted by Crippen LogP contribution is -2.18. The molecule has 1 aromatic carbocycles. The van der Waals surface area contributed by atoms with Gasteiger partial charge in [0.15, 0.2) is 5.16 Å². The van der Waals surface area contributed by atoms with Gasteiger partial charge in [-0.25, -0.2) is 9.67 Å². The highest BCUT2D eigenvalue weighted by Gasteiger charge is 2.08. The fraction of sp³-hybridized carbons (Fsp3) is 0.385. The number of rotatable bonds is 7. The third-order valence-electron chi connectivity index (χ3n) is 2.69. The zero-order valence-electron chi connectivity index (χ0n) is 11.5. The Morgan fingerprint density at radius 3 is 3.00 bits per heavy atom. The number of halogens is 1. The van der Waals surface area contributed by atoms with Gasteiger partial charge in [-0.1, -0.05) is 15.9 Å². The Morgan fingerprint density at radius 1 is 1.45 bits per heavy atom. The van der Waals surface area contributed by atoms with E-state index < -0.39 is 0 Å². The van der Waals surface area contributed by atoms with Crippen LogP contribution in [0, 0.1) is 0 Å². The molecule has 2 rings (SSSR count). The number of benzene rings is 1. The van der Waals surface area contributed by atoms with Crippen molar-refractivity contribution in [1.29, 1.82) is 0 Å². The van der Waals surface area contributed by atoms with Crippen molar-refractivity contribution in [3.8, 4) is 0 Å². The quantitative estimate of drug-likeness (QED) is 0.772. The first-order valence-electron chi connectivity index (χ1n) is 6.20. The highest BCUT2D eigenvalue weighted by Crippen LogP contribution is 2.30. The Hall–Kier alpha value is -0.890. The summed E-state index contributed by atoms with van der Waals surface area (Å²) in [5.74, 6) is 0. The summed E-state index contributed by atoms with van der Waals surface area (Å²) in [5.41, 5.74) is 1.23. The van der Waals surface area contributed by atoms with Crippen molar-refractivity contribution in [2.45, 2.75) is 16.6 Å². The normalized spacial score (nSPS) is 10.9. The minimum Gasteiger partial charge on any atom is -0.383 e. The molecule has 108 valence electrons. The molecule has 0 saturated carbocycles. The van der Waals surface area contributed by atoms with Crippen molar-refractivity contribution >= 4 is 27.7 Å². The molecule has 0 radical (unpaired) electrons. The van der Waals surface area contributed by atoms with E-state index in [0.717, 1.165) is 22.7 Å². The molecule has 0 aliphatic rings. The largest absolute Gasteiger partial charge is 0.383 e. The van der Waals surface area contributed by atoms with E-state index >= 15 is 0 Å². The highest BCUT2D eigenvalue weighted by atomic mass is 79.9. The van der Waals surface area contributed by atoms with E-state index in [-0.39, 0.29) is 0 Å². The van der Waals surface area contributed by atoms with E-state index in [1.54, 1.807) is 29.9 Å². The van der Waals surface area contributed by atoms with Crippen LogP contribution in [0.1, 0.15) is 5.56 Å². The summed E-state index contributed by atoms with van der Waals surface area (Å²) in [6.45, 7) is 2.33. The minimum atomic E-state index is 0.708. The lowest BCUT2D eigenvalue weighted by molar-refractivity contribution is 0.199. The number of hydrogen-bond acceptors (Lipinski definition) is 5. The van der Waals surface area contributed by atoms with Gasteiger partial charge in [0.2, 0.25) is 0 Å². The summed E-state index contributed by atoms with van der Waals surface area (Å²) in [7, 11) is 3.60. The molecule has 5 nitrogen and oxygen atoms in total. The molecule has 0 atom stereocenters. The second kappa shape index (κ2) is 7.78. The topological polar surface area (TPSA) is 52.0 Å². The van der Waals surface area contributed by atoms with Gasteiger partial charge in [0, 0.05) is 36.6 Å². The Morgan fingerprint density at radius 2 is 2.30 bits per heavy atom. The van der Waals surface area contributed by atoms with Crippen LogP contribution in [-0.4, -0.2) is 35.0 Å². The van der Waals surface area contributed by atoms with Gasteiger partial charge in [0.25, 0.3) is 0 Å². The molecule has 20 heavy (non-hydrogen) atoms. The zero-order valence-corrected chi connectivity index (χ0v) is 13.9. The summed E-state index contributed by atoms with van der Waals surface area (Å²) in [4.78, 5) is 5.42. The van der Waals surface area contributed by atoms with Crippen LogP contribution in [0.5, 0.6) is 0 Å². The summed E-state index contributed by atoms with van der Waals surface area (Å²) >= 11 is 5.13. The van der Waals surface area contributed by atoms with Crippen LogP contribution in [0.15, 0.2) is 39.1 Å². The molecule has 1 N–H and O–H groups in total. The Kier molecular flexibility index (Phi) is 6.03. The fourth-order valence-corrected chi connectivity index (χ4v) is 2.94. The zero-order chi connectivity index (χ0) is 14.4. The van der Waals surface area contributed by atoms with Gasteiger partial charge < -0.3 is 10.1 Å². The van der Waals surface area contributed by atoms with Crippen LogP contribution in [-0.2, 0) is 18.3 Å². The molecule has 0 saturated heterocycles. The third kappa shape index (κ3) is 4.31. The standard InChI is InChI=1S/C13H17BrN4OS/c1-18-13(16-9-17-18)20-12-4-3-11(14)7-10(12)8-15-5-6-19-2/h3-4,7,9,15H,5-6,8H2,1-2H3. The fourth-order valence-electron chi connectivity index (χ4n) is 1.66.